The number of sulfonamides is 1. The molecule has 17 heavy (non-hydrogen) atoms. The third-order valence-electron chi connectivity index (χ3n) is 2.90. The van der Waals surface area contributed by atoms with Crippen molar-refractivity contribution in [3.8, 4) is 0 Å². The van der Waals surface area contributed by atoms with Crippen LogP contribution in [0.3, 0.4) is 0 Å². The molecule has 1 N–H and O–H groups in total. The van der Waals surface area contributed by atoms with Gasteiger partial charge < -0.3 is 4.74 Å². The van der Waals surface area contributed by atoms with Gasteiger partial charge in [0.1, 0.15) is 0 Å². The number of hydrogen-bond acceptors (Lipinski definition) is 3. The van der Waals surface area contributed by atoms with Crippen LogP contribution >= 0.6 is 0 Å². The smallest absolute Gasteiger partial charge is 0.240 e. The number of nitrogens with one attached hydrogen (secondary N) is 1. The number of methoxy groups -OCH3 is 1. The molecule has 0 atom stereocenters. The van der Waals surface area contributed by atoms with Crippen LogP contribution in [0.5, 0.6) is 0 Å². The number of rotatable bonds is 5. The molecule has 0 aliphatic carbocycles. The van der Waals surface area contributed by atoms with Crippen LogP contribution in [0, 0.1) is 20.8 Å². The van der Waals surface area contributed by atoms with E-state index in [2.05, 4.69) is 4.72 Å². The summed E-state index contributed by atoms with van der Waals surface area (Å²) in [5.74, 6) is 0. The van der Waals surface area contributed by atoms with Crippen molar-refractivity contribution in [3.63, 3.8) is 0 Å². The van der Waals surface area contributed by atoms with Gasteiger partial charge in [-0.05, 0) is 43.5 Å². The molecule has 1 rings (SSSR count). The first kappa shape index (κ1) is 14.2. The van der Waals surface area contributed by atoms with Gasteiger partial charge in [-0.1, -0.05) is 6.07 Å². The highest BCUT2D eigenvalue weighted by Gasteiger charge is 2.17. The lowest BCUT2D eigenvalue weighted by Crippen LogP contribution is -2.28. The molecule has 0 heterocycles. The van der Waals surface area contributed by atoms with Gasteiger partial charge in [0.25, 0.3) is 0 Å². The molecular weight excluding hydrogens is 238 g/mol. The summed E-state index contributed by atoms with van der Waals surface area (Å²) in [7, 11) is -1.90. The summed E-state index contributed by atoms with van der Waals surface area (Å²) in [4.78, 5) is 0.344. The molecule has 0 saturated heterocycles. The Balaban J connectivity index is 3.04. The fraction of sp³-hybridized carbons (Fsp3) is 0.500. The maximum Gasteiger partial charge on any atom is 0.240 e. The Labute approximate surface area is 103 Å². The average molecular weight is 257 g/mol. The third-order valence-corrected chi connectivity index (χ3v) is 4.50. The minimum Gasteiger partial charge on any atom is -0.383 e. The molecular formula is C12H19NO3S. The predicted octanol–water partition coefficient (Wildman–Crippen LogP) is 1.54. The fourth-order valence-corrected chi connectivity index (χ4v) is 2.89. The van der Waals surface area contributed by atoms with Crippen molar-refractivity contribution in [1.29, 1.82) is 0 Å². The van der Waals surface area contributed by atoms with Crippen molar-refractivity contribution < 1.29 is 13.2 Å². The van der Waals surface area contributed by atoms with Crippen LogP contribution in [0.4, 0.5) is 0 Å². The Hall–Kier alpha value is -0.910. The van der Waals surface area contributed by atoms with Crippen LogP contribution in [0.25, 0.3) is 0 Å². The van der Waals surface area contributed by atoms with Crippen LogP contribution in [0.2, 0.25) is 0 Å². The van der Waals surface area contributed by atoms with Gasteiger partial charge >= 0.3 is 0 Å². The fourth-order valence-electron chi connectivity index (χ4n) is 1.58. The largest absolute Gasteiger partial charge is 0.383 e. The van der Waals surface area contributed by atoms with Gasteiger partial charge in [0.15, 0.2) is 0 Å². The summed E-state index contributed by atoms with van der Waals surface area (Å²) in [6.45, 7) is 6.37. The molecule has 0 unspecified atom stereocenters. The van der Waals surface area contributed by atoms with E-state index in [1.165, 1.54) is 7.11 Å². The second kappa shape index (κ2) is 5.62. The standard InChI is InChI=1S/C12H19NO3S/c1-9-5-6-12(11(3)10(9)2)17(14,15)13-7-8-16-4/h5-6,13H,7-8H2,1-4H3. The molecule has 0 radical (unpaired) electrons. The summed E-state index contributed by atoms with van der Waals surface area (Å²) in [6.07, 6.45) is 0. The molecule has 1 aromatic carbocycles. The van der Waals surface area contributed by atoms with Gasteiger partial charge in [0.2, 0.25) is 10.0 Å². The first-order chi connectivity index (χ1) is 7.90. The van der Waals surface area contributed by atoms with Crippen molar-refractivity contribution in [1.82, 2.24) is 4.72 Å². The molecule has 0 bridgehead atoms. The van der Waals surface area contributed by atoms with Gasteiger partial charge in [0, 0.05) is 13.7 Å². The first-order valence-corrected chi connectivity index (χ1v) is 6.94. The minimum atomic E-state index is -3.43. The van der Waals surface area contributed by atoms with Crippen LogP contribution in [0.1, 0.15) is 16.7 Å². The molecule has 4 nitrogen and oxygen atoms in total. The summed E-state index contributed by atoms with van der Waals surface area (Å²) in [5, 5.41) is 0. The molecule has 1 aromatic rings. The van der Waals surface area contributed by atoms with Crippen LogP contribution < -0.4 is 4.72 Å². The normalized spacial score (nSPS) is 11.8. The molecule has 0 fully saturated rings. The Morgan fingerprint density at radius 1 is 1.18 bits per heavy atom. The number of ether oxygens (including phenoxy) is 1. The minimum absolute atomic E-state index is 0.283. The number of benzene rings is 1. The monoisotopic (exact) mass is 257 g/mol. The van der Waals surface area contributed by atoms with E-state index >= 15 is 0 Å². The third kappa shape index (κ3) is 3.28. The molecule has 0 aliphatic rings. The lowest BCUT2D eigenvalue weighted by atomic mass is 10.1. The van der Waals surface area contributed by atoms with Gasteiger partial charge in [-0.3, -0.25) is 0 Å². The Morgan fingerprint density at radius 3 is 2.41 bits per heavy atom. The van der Waals surface area contributed by atoms with Crippen molar-refractivity contribution in [3.05, 3.63) is 28.8 Å². The second-order valence-corrected chi connectivity index (χ2v) is 5.76. The quantitative estimate of drug-likeness (QED) is 0.814. The summed E-state index contributed by atoms with van der Waals surface area (Å²) in [5.41, 5.74) is 2.91. The van der Waals surface area contributed by atoms with E-state index in [-0.39, 0.29) is 6.54 Å². The summed E-state index contributed by atoms with van der Waals surface area (Å²) >= 11 is 0. The van der Waals surface area contributed by atoms with Crippen LogP contribution in [-0.2, 0) is 14.8 Å². The zero-order valence-electron chi connectivity index (χ0n) is 10.7. The molecule has 0 spiro atoms. The Bertz CT molecular complexity index is 495. The van der Waals surface area contributed by atoms with E-state index < -0.39 is 10.0 Å². The van der Waals surface area contributed by atoms with Gasteiger partial charge in [-0.25, -0.2) is 13.1 Å². The second-order valence-electron chi connectivity index (χ2n) is 4.02. The van der Waals surface area contributed by atoms with Crippen molar-refractivity contribution in [2.24, 2.45) is 0 Å². The van der Waals surface area contributed by atoms with Gasteiger partial charge in [-0.15, -0.1) is 0 Å². The molecule has 96 valence electrons. The molecule has 0 aromatic heterocycles. The van der Waals surface area contributed by atoms with Crippen LogP contribution in [-0.4, -0.2) is 28.7 Å². The van der Waals surface area contributed by atoms with E-state index in [1.807, 2.05) is 26.8 Å². The maximum absolute atomic E-state index is 12.0. The highest BCUT2D eigenvalue weighted by Crippen LogP contribution is 2.20. The van der Waals surface area contributed by atoms with Crippen LogP contribution in [0.15, 0.2) is 17.0 Å². The maximum atomic E-state index is 12.0. The Kier molecular flexibility index (Phi) is 4.68. The summed E-state index contributed by atoms with van der Waals surface area (Å²) in [6, 6.07) is 3.47. The highest BCUT2D eigenvalue weighted by atomic mass is 32.2. The molecule has 0 saturated carbocycles. The van der Waals surface area contributed by atoms with E-state index in [0.717, 1.165) is 16.7 Å². The lowest BCUT2D eigenvalue weighted by molar-refractivity contribution is 0.204. The highest BCUT2D eigenvalue weighted by molar-refractivity contribution is 7.89. The van der Waals surface area contributed by atoms with Gasteiger partial charge in [0.05, 0.1) is 11.5 Å². The van der Waals surface area contributed by atoms with E-state index in [0.29, 0.717) is 11.5 Å². The van der Waals surface area contributed by atoms with Crippen molar-refractivity contribution in [2.45, 2.75) is 25.7 Å². The molecule has 5 heteroatoms. The SMILES string of the molecule is COCCNS(=O)(=O)c1ccc(C)c(C)c1C. The van der Waals surface area contributed by atoms with Crippen molar-refractivity contribution >= 4 is 10.0 Å². The van der Waals surface area contributed by atoms with E-state index in [1.54, 1.807) is 6.07 Å². The molecule has 0 amide bonds. The van der Waals surface area contributed by atoms with Gasteiger partial charge in [-0.2, -0.15) is 0 Å². The first-order valence-electron chi connectivity index (χ1n) is 5.45. The average Bonchev–Trinajstić information content (AvgIpc) is 2.26. The zero-order chi connectivity index (χ0) is 13.1. The molecule has 0 aliphatic heterocycles. The number of aryl methyl sites for hydroxylation is 1. The summed E-state index contributed by atoms with van der Waals surface area (Å²) < 4.78 is 31.4. The van der Waals surface area contributed by atoms with Crippen molar-refractivity contribution in [2.75, 3.05) is 20.3 Å². The lowest BCUT2D eigenvalue weighted by Gasteiger charge is -2.12. The topological polar surface area (TPSA) is 55.4 Å². The zero-order valence-corrected chi connectivity index (χ0v) is 11.5. The van der Waals surface area contributed by atoms with E-state index in [9.17, 15) is 8.42 Å². The predicted molar refractivity (Wildman–Crippen MR) is 67.7 cm³/mol. The number of hydrogen-bond donors (Lipinski definition) is 1. The Morgan fingerprint density at radius 2 is 1.82 bits per heavy atom. The van der Waals surface area contributed by atoms with E-state index in [4.69, 9.17) is 4.74 Å².